The number of fused-ring (bicyclic) bond motifs is 1. The van der Waals surface area contributed by atoms with Crippen LogP contribution in [0.5, 0.6) is 0 Å². The summed E-state index contributed by atoms with van der Waals surface area (Å²) >= 11 is 6.10. The standard InChI is InChI=1S/C10H15ClN2/c1-3-7(2)9-10(11)12-8-5-4-6-13(8)9/h7H,3-6H2,1-2H3. The molecule has 0 saturated heterocycles. The number of hydrogen-bond acceptors (Lipinski definition) is 1. The molecule has 0 bridgehead atoms. The van der Waals surface area contributed by atoms with Crippen LogP contribution in [0.15, 0.2) is 0 Å². The Labute approximate surface area is 83.9 Å². The highest BCUT2D eigenvalue weighted by atomic mass is 35.5. The van der Waals surface area contributed by atoms with Gasteiger partial charge >= 0.3 is 0 Å². The smallest absolute Gasteiger partial charge is 0.150 e. The average molecular weight is 199 g/mol. The van der Waals surface area contributed by atoms with E-state index in [0.717, 1.165) is 24.5 Å². The highest BCUT2D eigenvalue weighted by Gasteiger charge is 2.22. The lowest BCUT2D eigenvalue weighted by atomic mass is 10.1. The van der Waals surface area contributed by atoms with E-state index in [-0.39, 0.29) is 0 Å². The predicted molar refractivity (Wildman–Crippen MR) is 54.3 cm³/mol. The van der Waals surface area contributed by atoms with E-state index in [1.54, 1.807) is 0 Å². The fraction of sp³-hybridized carbons (Fsp3) is 0.700. The molecule has 1 aromatic heterocycles. The largest absolute Gasteiger partial charge is 0.330 e. The molecule has 0 amide bonds. The van der Waals surface area contributed by atoms with Crippen molar-refractivity contribution in [2.75, 3.05) is 0 Å². The molecular formula is C10H15ClN2. The van der Waals surface area contributed by atoms with Crippen LogP contribution in [0.2, 0.25) is 5.15 Å². The average Bonchev–Trinajstić information content (AvgIpc) is 2.62. The Morgan fingerprint density at radius 1 is 1.62 bits per heavy atom. The van der Waals surface area contributed by atoms with Gasteiger partial charge in [-0.15, -0.1) is 0 Å². The van der Waals surface area contributed by atoms with Crippen LogP contribution in [0, 0.1) is 0 Å². The van der Waals surface area contributed by atoms with Gasteiger partial charge < -0.3 is 4.57 Å². The van der Waals surface area contributed by atoms with Gasteiger partial charge in [-0.25, -0.2) is 4.98 Å². The van der Waals surface area contributed by atoms with Crippen molar-refractivity contribution in [3.05, 3.63) is 16.7 Å². The first-order chi connectivity index (χ1) is 6.24. The van der Waals surface area contributed by atoms with Crippen molar-refractivity contribution in [2.45, 2.75) is 45.6 Å². The first-order valence-corrected chi connectivity index (χ1v) is 5.36. The summed E-state index contributed by atoms with van der Waals surface area (Å²) in [5, 5.41) is 0.726. The van der Waals surface area contributed by atoms with Crippen molar-refractivity contribution in [3.63, 3.8) is 0 Å². The first-order valence-electron chi connectivity index (χ1n) is 4.98. The monoisotopic (exact) mass is 198 g/mol. The zero-order chi connectivity index (χ0) is 9.42. The number of halogens is 1. The van der Waals surface area contributed by atoms with E-state index in [2.05, 4.69) is 23.4 Å². The zero-order valence-electron chi connectivity index (χ0n) is 8.18. The van der Waals surface area contributed by atoms with Gasteiger partial charge in [0.05, 0.1) is 5.69 Å². The van der Waals surface area contributed by atoms with E-state index in [0.29, 0.717) is 5.92 Å². The number of imidazole rings is 1. The second-order valence-electron chi connectivity index (χ2n) is 3.77. The summed E-state index contributed by atoms with van der Waals surface area (Å²) in [7, 11) is 0. The molecule has 3 heteroatoms. The minimum Gasteiger partial charge on any atom is -0.330 e. The van der Waals surface area contributed by atoms with Crippen molar-refractivity contribution in [3.8, 4) is 0 Å². The maximum atomic E-state index is 6.10. The summed E-state index contributed by atoms with van der Waals surface area (Å²) in [6, 6.07) is 0. The maximum absolute atomic E-state index is 6.10. The third-order valence-electron chi connectivity index (χ3n) is 2.90. The lowest BCUT2D eigenvalue weighted by molar-refractivity contribution is 0.628. The van der Waals surface area contributed by atoms with Gasteiger partial charge in [0.15, 0.2) is 5.15 Å². The topological polar surface area (TPSA) is 17.8 Å². The lowest BCUT2D eigenvalue weighted by Gasteiger charge is -2.11. The molecule has 0 N–H and O–H groups in total. The predicted octanol–water partition coefficient (Wildman–Crippen LogP) is 3.00. The van der Waals surface area contributed by atoms with Crippen LogP contribution in [0.25, 0.3) is 0 Å². The van der Waals surface area contributed by atoms with E-state index in [9.17, 15) is 0 Å². The molecule has 0 fully saturated rings. The van der Waals surface area contributed by atoms with Gasteiger partial charge in [-0.2, -0.15) is 0 Å². The lowest BCUT2D eigenvalue weighted by Crippen LogP contribution is -2.03. The Bertz CT molecular complexity index is 317. The Hall–Kier alpha value is -0.500. The summed E-state index contributed by atoms with van der Waals surface area (Å²) in [6.07, 6.45) is 3.45. The molecule has 1 aromatic rings. The molecular weight excluding hydrogens is 184 g/mol. The maximum Gasteiger partial charge on any atom is 0.150 e. The van der Waals surface area contributed by atoms with Crippen molar-refractivity contribution < 1.29 is 0 Å². The van der Waals surface area contributed by atoms with Crippen LogP contribution < -0.4 is 0 Å². The molecule has 1 unspecified atom stereocenters. The molecule has 1 aliphatic rings. The fourth-order valence-electron chi connectivity index (χ4n) is 1.98. The SMILES string of the molecule is CCC(C)c1c(Cl)nc2n1CCC2. The molecule has 2 heterocycles. The van der Waals surface area contributed by atoms with Crippen molar-refractivity contribution >= 4 is 11.6 Å². The summed E-state index contributed by atoms with van der Waals surface area (Å²) < 4.78 is 2.30. The Morgan fingerprint density at radius 2 is 2.38 bits per heavy atom. The van der Waals surface area contributed by atoms with Gasteiger partial charge in [0, 0.05) is 13.0 Å². The second-order valence-corrected chi connectivity index (χ2v) is 4.13. The van der Waals surface area contributed by atoms with E-state index in [4.69, 9.17) is 11.6 Å². The highest BCUT2D eigenvalue weighted by molar-refractivity contribution is 6.30. The van der Waals surface area contributed by atoms with Crippen LogP contribution in [0.3, 0.4) is 0 Å². The van der Waals surface area contributed by atoms with Crippen LogP contribution in [-0.2, 0) is 13.0 Å². The first kappa shape index (κ1) is 9.07. The third-order valence-corrected chi connectivity index (χ3v) is 3.18. The molecule has 2 rings (SSSR count). The molecule has 1 atom stereocenters. The zero-order valence-corrected chi connectivity index (χ0v) is 8.93. The molecule has 72 valence electrons. The highest BCUT2D eigenvalue weighted by Crippen LogP contribution is 2.30. The number of nitrogens with zero attached hydrogens (tertiary/aromatic N) is 2. The molecule has 1 aliphatic heterocycles. The van der Waals surface area contributed by atoms with Gasteiger partial charge in [0.1, 0.15) is 5.82 Å². The number of rotatable bonds is 2. The number of aromatic nitrogens is 2. The molecule has 0 radical (unpaired) electrons. The Morgan fingerprint density at radius 3 is 3.08 bits per heavy atom. The van der Waals surface area contributed by atoms with Gasteiger partial charge in [0.2, 0.25) is 0 Å². The number of aryl methyl sites for hydroxylation is 1. The molecule has 0 spiro atoms. The number of hydrogen-bond donors (Lipinski definition) is 0. The molecule has 0 saturated carbocycles. The van der Waals surface area contributed by atoms with E-state index in [1.807, 2.05) is 0 Å². The normalized spacial score (nSPS) is 17.5. The summed E-state index contributed by atoms with van der Waals surface area (Å²) in [5.74, 6) is 1.71. The Kier molecular flexibility index (Phi) is 2.33. The molecule has 2 nitrogen and oxygen atoms in total. The molecule has 0 aromatic carbocycles. The fourth-order valence-corrected chi connectivity index (χ4v) is 2.37. The quantitative estimate of drug-likeness (QED) is 0.715. The van der Waals surface area contributed by atoms with E-state index >= 15 is 0 Å². The summed E-state index contributed by atoms with van der Waals surface area (Å²) in [6.45, 7) is 5.51. The second kappa shape index (κ2) is 3.33. The van der Waals surface area contributed by atoms with Gasteiger partial charge in [-0.1, -0.05) is 25.4 Å². The van der Waals surface area contributed by atoms with Gasteiger partial charge in [0.25, 0.3) is 0 Å². The van der Waals surface area contributed by atoms with Crippen molar-refractivity contribution in [1.82, 2.24) is 9.55 Å². The third kappa shape index (κ3) is 1.37. The molecule has 13 heavy (non-hydrogen) atoms. The van der Waals surface area contributed by atoms with Crippen molar-refractivity contribution in [1.29, 1.82) is 0 Å². The summed E-state index contributed by atoms with van der Waals surface area (Å²) in [4.78, 5) is 4.39. The van der Waals surface area contributed by atoms with Crippen LogP contribution in [0.4, 0.5) is 0 Å². The van der Waals surface area contributed by atoms with Gasteiger partial charge in [-0.3, -0.25) is 0 Å². The van der Waals surface area contributed by atoms with Crippen molar-refractivity contribution in [2.24, 2.45) is 0 Å². The van der Waals surface area contributed by atoms with E-state index in [1.165, 1.54) is 17.9 Å². The van der Waals surface area contributed by atoms with E-state index < -0.39 is 0 Å². The van der Waals surface area contributed by atoms with Crippen LogP contribution in [0.1, 0.15) is 44.1 Å². The van der Waals surface area contributed by atoms with Gasteiger partial charge in [-0.05, 0) is 18.8 Å². The summed E-state index contributed by atoms with van der Waals surface area (Å²) in [5.41, 5.74) is 1.25. The molecule has 0 aliphatic carbocycles. The minimum absolute atomic E-state index is 0.534. The van der Waals surface area contributed by atoms with Crippen LogP contribution >= 0.6 is 11.6 Å². The van der Waals surface area contributed by atoms with Crippen LogP contribution in [-0.4, -0.2) is 9.55 Å². The Balaban J connectivity index is 2.43. The minimum atomic E-state index is 0.534.